The van der Waals surface area contributed by atoms with Crippen molar-refractivity contribution in [2.45, 2.75) is 17.9 Å². The van der Waals surface area contributed by atoms with Gasteiger partial charge in [0.15, 0.2) is 6.10 Å². The van der Waals surface area contributed by atoms with Crippen molar-refractivity contribution in [1.29, 1.82) is 0 Å². The van der Waals surface area contributed by atoms with Gasteiger partial charge in [0.2, 0.25) is 0 Å². The molecule has 8 nitrogen and oxygen atoms in total. The maximum absolute atomic E-state index is 13.7. The third-order valence-corrected chi connectivity index (χ3v) is 8.06. The molecule has 5 rings (SSSR count). The predicted octanol–water partition coefficient (Wildman–Crippen LogP) is 4.69. The lowest BCUT2D eigenvalue weighted by molar-refractivity contribution is 0.0602. The molecule has 0 spiro atoms. The highest BCUT2D eigenvalue weighted by Gasteiger charge is 2.39. The molecule has 0 bridgehead atoms. The molecule has 1 atom stereocenters. The largest absolute Gasteiger partial charge is 0.476 e. The van der Waals surface area contributed by atoms with Gasteiger partial charge >= 0.3 is 5.97 Å². The van der Waals surface area contributed by atoms with Gasteiger partial charge < -0.3 is 9.47 Å². The van der Waals surface area contributed by atoms with Crippen LogP contribution in [0.4, 0.5) is 5.69 Å². The minimum atomic E-state index is -4.05. The van der Waals surface area contributed by atoms with E-state index in [1.54, 1.807) is 42.5 Å². The second kappa shape index (κ2) is 9.00. The van der Waals surface area contributed by atoms with Crippen LogP contribution < -0.4 is 9.04 Å². The van der Waals surface area contributed by atoms with Crippen molar-refractivity contribution < 1.29 is 27.5 Å². The van der Waals surface area contributed by atoms with Crippen LogP contribution in [0.3, 0.4) is 0 Å². The van der Waals surface area contributed by atoms with E-state index in [0.717, 1.165) is 9.87 Å². The fourth-order valence-electron chi connectivity index (χ4n) is 4.21. The number of anilines is 1. The first kappa shape index (κ1) is 23.9. The smallest absolute Gasteiger partial charge is 0.340 e. The molecule has 4 aromatic rings. The van der Waals surface area contributed by atoms with Crippen molar-refractivity contribution >= 4 is 50.1 Å². The molecule has 1 aliphatic heterocycles. The molecule has 184 valence electrons. The minimum absolute atomic E-state index is 0.0755. The Morgan fingerprint density at radius 1 is 1.06 bits per heavy atom. The van der Waals surface area contributed by atoms with Crippen LogP contribution in [0.25, 0.3) is 10.9 Å². The first-order valence-corrected chi connectivity index (χ1v) is 12.8. The SMILES string of the molecule is COC(=O)c1cn(C(=O)[C@@H]2CN(S(=O)(=O)c3ccc(C)cc3)c3cc(Cl)ccc3O2)c2ccccc12. The monoisotopic (exact) mass is 524 g/mol. The van der Waals surface area contributed by atoms with Gasteiger partial charge in [-0.1, -0.05) is 47.5 Å². The number of aromatic nitrogens is 1. The molecule has 0 saturated carbocycles. The van der Waals surface area contributed by atoms with Gasteiger partial charge in [-0.05, 0) is 43.3 Å². The number of benzene rings is 3. The van der Waals surface area contributed by atoms with Crippen molar-refractivity contribution in [3.8, 4) is 5.75 Å². The number of halogens is 1. The first-order valence-electron chi connectivity index (χ1n) is 11.0. The summed E-state index contributed by atoms with van der Waals surface area (Å²) >= 11 is 6.17. The lowest BCUT2D eigenvalue weighted by Gasteiger charge is -2.35. The molecule has 0 N–H and O–H groups in total. The molecule has 3 aromatic carbocycles. The zero-order valence-electron chi connectivity index (χ0n) is 19.3. The van der Waals surface area contributed by atoms with E-state index in [1.807, 2.05) is 6.92 Å². The van der Waals surface area contributed by atoms with Crippen molar-refractivity contribution in [1.82, 2.24) is 4.57 Å². The molecule has 0 amide bonds. The molecule has 0 saturated heterocycles. The summed E-state index contributed by atoms with van der Waals surface area (Å²) in [6, 6.07) is 17.9. The van der Waals surface area contributed by atoms with Crippen LogP contribution in [0.5, 0.6) is 5.75 Å². The predicted molar refractivity (Wildman–Crippen MR) is 135 cm³/mol. The average Bonchev–Trinajstić information content (AvgIpc) is 3.27. The number of esters is 1. The fourth-order valence-corrected chi connectivity index (χ4v) is 5.84. The summed E-state index contributed by atoms with van der Waals surface area (Å²) in [6.07, 6.45) is 0.193. The summed E-state index contributed by atoms with van der Waals surface area (Å²) in [5.41, 5.74) is 1.84. The Balaban J connectivity index is 1.60. The second-order valence-corrected chi connectivity index (χ2v) is 10.6. The maximum atomic E-state index is 13.7. The van der Waals surface area contributed by atoms with E-state index in [9.17, 15) is 18.0 Å². The highest BCUT2D eigenvalue weighted by atomic mass is 35.5. The van der Waals surface area contributed by atoms with Crippen molar-refractivity contribution in [3.05, 3.63) is 89.1 Å². The van der Waals surface area contributed by atoms with Gasteiger partial charge in [0.1, 0.15) is 5.75 Å². The van der Waals surface area contributed by atoms with Gasteiger partial charge in [-0.15, -0.1) is 0 Å². The number of carbonyl (C=O) groups is 2. The van der Waals surface area contributed by atoms with Gasteiger partial charge in [0.05, 0.1) is 35.3 Å². The number of fused-ring (bicyclic) bond motifs is 2. The Labute approximate surface area is 212 Å². The van der Waals surface area contributed by atoms with Crippen LogP contribution in [-0.4, -0.2) is 44.6 Å². The molecule has 1 aromatic heterocycles. The summed E-state index contributed by atoms with van der Waals surface area (Å²) in [7, 11) is -2.79. The first-order chi connectivity index (χ1) is 17.2. The topological polar surface area (TPSA) is 94.9 Å². The summed E-state index contributed by atoms with van der Waals surface area (Å²) in [6.45, 7) is 1.57. The number of carbonyl (C=O) groups excluding carboxylic acids is 2. The number of hydrogen-bond acceptors (Lipinski definition) is 6. The van der Waals surface area contributed by atoms with Crippen molar-refractivity contribution in [2.24, 2.45) is 0 Å². The van der Waals surface area contributed by atoms with Crippen LogP contribution in [0, 0.1) is 6.92 Å². The second-order valence-electron chi connectivity index (χ2n) is 8.33. The van der Waals surface area contributed by atoms with Gasteiger partial charge in [0.25, 0.3) is 15.9 Å². The molecule has 0 unspecified atom stereocenters. The van der Waals surface area contributed by atoms with Gasteiger partial charge in [0, 0.05) is 16.6 Å². The van der Waals surface area contributed by atoms with Crippen LogP contribution in [0.1, 0.15) is 20.7 Å². The molecule has 0 radical (unpaired) electrons. The molecule has 0 aliphatic carbocycles. The van der Waals surface area contributed by atoms with E-state index in [1.165, 1.54) is 42.1 Å². The summed E-state index contributed by atoms with van der Waals surface area (Å²) < 4.78 is 40.6. The lowest BCUT2D eigenvalue weighted by atomic mass is 10.2. The number of rotatable bonds is 4. The summed E-state index contributed by atoms with van der Waals surface area (Å²) in [4.78, 5) is 26.1. The Hall–Kier alpha value is -3.82. The highest BCUT2D eigenvalue weighted by molar-refractivity contribution is 7.92. The molecule has 36 heavy (non-hydrogen) atoms. The van der Waals surface area contributed by atoms with E-state index in [4.69, 9.17) is 21.1 Å². The zero-order valence-corrected chi connectivity index (χ0v) is 20.9. The lowest BCUT2D eigenvalue weighted by Crippen LogP contribution is -2.48. The molecule has 2 heterocycles. The normalized spacial score (nSPS) is 15.3. The summed E-state index contributed by atoms with van der Waals surface area (Å²) in [5.74, 6) is -0.929. The van der Waals surface area contributed by atoms with Crippen LogP contribution in [-0.2, 0) is 14.8 Å². The standard InChI is InChI=1S/C26H21ClN2O6S/c1-16-7-10-18(11-8-16)36(32,33)29-15-24(35-23-12-9-17(27)13-22(23)29)25(30)28-14-20(26(31)34-2)19-5-3-4-6-21(19)28/h3-14,24H,15H2,1-2H3/t24-/m0/s1. The Morgan fingerprint density at radius 3 is 2.50 bits per heavy atom. The fraction of sp³-hybridized carbons (Fsp3) is 0.154. The molecule has 1 aliphatic rings. The Bertz CT molecular complexity index is 1610. The van der Waals surface area contributed by atoms with E-state index in [-0.39, 0.29) is 28.4 Å². The van der Waals surface area contributed by atoms with Crippen molar-refractivity contribution in [2.75, 3.05) is 18.0 Å². The Kier molecular flexibility index (Phi) is 5.97. The van der Waals surface area contributed by atoms with E-state index >= 15 is 0 Å². The highest BCUT2D eigenvalue weighted by Crippen LogP contribution is 2.39. The molecular formula is C26H21ClN2O6S. The number of ether oxygens (including phenoxy) is 2. The third kappa shape index (κ3) is 4.00. The van der Waals surface area contributed by atoms with Gasteiger partial charge in [-0.25, -0.2) is 13.2 Å². The van der Waals surface area contributed by atoms with Crippen LogP contribution in [0.2, 0.25) is 5.02 Å². The van der Waals surface area contributed by atoms with Gasteiger partial charge in [-0.3, -0.25) is 13.7 Å². The summed E-state index contributed by atoms with van der Waals surface area (Å²) in [5, 5.41) is 0.857. The average molecular weight is 525 g/mol. The zero-order chi connectivity index (χ0) is 25.6. The molecule has 0 fully saturated rings. The maximum Gasteiger partial charge on any atom is 0.340 e. The number of methoxy groups -OCH3 is 1. The van der Waals surface area contributed by atoms with E-state index < -0.39 is 28.0 Å². The van der Waals surface area contributed by atoms with Crippen LogP contribution >= 0.6 is 11.6 Å². The minimum Gasteiger partial charge on any atom is -0.476 e. The number of para-hydroxylation sites is 1. The number of sulfonamides is 1. The number of aryl methyl sites for hydroxylation is 1. The van der Waals surface area contributed by atoms with Crippen LogP contribution in [0.15, 0.2) is 77.8 Å². The number of nitrogens with zero attached hydrogens (tertiary/aromatic N) is 2. The number of hydrogen-bond donors (Lipinski definition) is 0. The van der Waals surface area contributed by atoms with Crippen molar-refractivity contribution in [3.63, 3.8) is 0 Å². The molecule has 10 heteroatoms. The third-order valence-electron chi connectivity index (χ3n) is 6.03. The van der Waals surface area contributed by atoms with E-state index in [2.05, 4.69) is 0 Å². The van der Waals surface area contributed by atoms with E-state index in [0.29, 0.717) is 15.9 Å². The van der Waals surface area contributed by atoms with Gasteiger partial charge in [-0.2, -0.15) is 0 Å². The Morgan fingerprint density at radius 2 is 1.78 bits per heavy atom. The molecular weight excluding hydrogens is 504 g/mol. The quantitative estimate of drug-likeness (QED) is 0.360.